The van der Waals surface area contributed by atoms with Crippen LogP contribution in [0.4, 0.5) is 5.69 Å². The zero-order chi connectivity index (χ0) is 26.8. The molecule has 0 saturated heterocycles. The Morgan fingerprint density at radius 3 is 2.21 bits per heavy atom. The minimum Gasteiger partial charge on any atom is -0.493 e. The Morgan fingerprint density at radius 1 is 0.947 bits per heavy atom. The molecule has 0 radical (unpaired) electrons. The number of benzene rings is 2. The second-order valence-electron chi connectivity index (χ2n) is 10.0. The molecule has 0 atom stereocenters. The fourth-order valence-corrected chi connectivity index (χ4v) is 5.96. The maximum Gasteiger partial charge on any atom is 0.262 e. The highest BCUT2D eigenvalue weighted by Crippen LogP contribution is 2.49. The van der Waals surface area contributed by atoms with Gasteiger partial charge in [-0.1, -0.05) is 24.3 Å². The highest BCUT2D eigenvalue weighted by atomic mass is 16.5. The lowest BCUT2D eigenvalue weighted by atomic mass is 9.71. The number of nitrogens with one attached hydrogen (secondary N) is 1. The van der Waals surface area contributed by atoms with E-state index in [0.29, 0.717) is 24.3 Å². The first-order valence-electron chi connectivity index (χ1n) is 13.4. The van der Waals surface area contributed by atoms with Gasteiger partial charge in [-0.05, 0) is 68.9 Å². The number of hydrogen-bond acceptors (Lipinski definition) is 6. The fourth-order valence-electron chi connectivity index (χ4n) is 5.96. The quantitative estimate of drug-likeness (QED) is 0.529. The van der Waals surface area contributed by atoms with Gasteiger partial charge in [0, 0.05) is 53.5 Å². The second-order valence-corrected chi connectivity index (χ2v) is 10.0. The van der Waals surface area contributed by atoms with E-state index in [1.54, 1.807) is 13.2 Å². The van der Waals surface area contributed by atoms with Gasteiger partial charge in [0.2, 0.25) is 0 Å². The summed E-state index contributed by atoms with van der Waals surface area (Å²) in [6.07, 6.45) is 4.34. The van der Waals surface area contributed by atoms with E-state index in [9.17, 15) is 14.4 Å². The average Bonchev–Trinajstić information content (AvgIpc) is 2.92. The predicted octanol–water partition coefficient (Wildman–Crippen LogP) is 5.45. The molecule has 198 valence electrons. The molecule has 2 aromatic carbocycles. The van der Waals surface area contributed by atoms with E-state index in [-0.39, 0.29) is 24.1 Å². The maximum absolute atomic E-state index is 13.3. The van der Waals surface area contributed by atoms with Crippen molar-refractivity contribution < 1.29 is 23.9 Å². The van der Waals surface area contributed by atoms with Crippen LogP contribution in [0.3, 0.4) is 0 Å². The number of anilines is 1. The molecule has 0 bridgehead atoms. The number of carbonyl (C=O) groups is 3. The van der Waals surface area contributed by atoms with Crippen molar-refractivity contribution in [3.05, 3.63) is 76.1 Å². The molecule has 0 spiro atoms. The molecule has 1 heterocycles. The molecule has 3 aliphatic rings. The van der Waals surface area contributed by atoms with Crippen LogP contribution in [0.1, 0.15) is 62.5 Å². The van der Waals surface area contributed by atoms with Gasteiger partial charge in [-0.15, -0.1) is 0 Å². The lowest BCUT2D eigenvalue weighted by molar-refractivity contribution is -0.118. The summed E-state index contributed by atoms with van der Waals surface area (Å²) in [7, 11) is 1.55. The fraction of sp³-hybridized carbons (Fsp3) is 0.387. The van der Waals surface area contributed by atoms with Crippen molar-refractivity contribution in [2.24, 2.45) is 0 Å². The molecular weight excluding hydrogens is 480 g/mol. The smallest absolute Gasteiger partial charge is 0.262 e. The highest BCUT2D eigenvalue weighted by Gasteiger charge is 2.43. The standard InChI is InChI=1S/C31H34N2O5/c1-4-33-22-11-7-13-24(34)30(22)29(31-23(33)12-8-14-25(31)35)20-15-16-26(27(17-20)37-3)38-18-28(36)32-21-10-6-5-9-19(21)2/h5-6,9-10,15-17,29H,4,7-8,11-14,18H2,1-3H3,(H,32,36). The topological polar surface area (TPSA) is 84.9 Å². The predicted molar refractivity (Wildman–Crippen MR) is 145 cm³/mol. The molecule has 7 nitrogen and oxygen atoms in total. The number of aryl methyl sites for hydroxylation is 1. The molecule has 0 saturated carbocycles. The largest absolute Gasteiger partial charge is 0.493 e. The van der Waals surface area contributed by atoms with Crippen molar-refractivity contribution in [2.75, 3.05) is 25.6 Å². The van der Waals surface area contributed by atoms with Crippen LogP contribution in [0.5, 0.6) is 11.5 Å². The first-order chi connectivity index (χ1) is 18.4. The number of para-hydroxylation sites is 1. The Bertz CT molecular complexity index is 1310. The van der Waals surface area contributed by atoms with Crippen LogP contribution in [0.2, 0.25) is 0 Å². The van der Waals surface area contributed by atoms with Crippen molar-refractivity contribution in [3.63, 3.8) is 0 Å². The summed E-state index contributed by atoms with van der Waals surface area (Å²) >= 11 is 0. The maximum atomic E-state index is 13.3. The van der Waals surface area contributed by atoms with Crippen LogP contribution in [0.25, 0.3) is 0 Å². The molecule has 1 N–H and O–H groups in total. The summed E-state index contributed by atoms with van der Waals surface area (Å²) in [5, 5.41) is 2.87. The Hall–Kier alpha value is -3.87. The van der Waals surface area contributed by atoms with Gasteiger partial charge in [0.15, 0.2) is 29.7 Å². The number of carbonyl (C=O) groups excluding carboxylic acids is 3. The summed E-state index contributed by atoms with van der Waals surface area (Å²) in [4.78, 5) is 41.4. The minimum absolute atomic E-state index is 0.117. The summed E-state index contributed by atoms with van der Waals surface area (Å²) in [5.74, 6) is 0.437. The van der Waals surface area contributed by atoms with Gasteiger partial charge >= 0.3 is 0 Å². The van der Waals surface area contributed by atoms with E-state index in [0.717, 1.165) is 71.6 Å². The van der Waals surface area contributed by atoms with Gasteiger partial charge in [-0.25, -0.2) is 0 Å². The van der Waals surface area contributed by atoms with Gasteiger partial charge in [0.05, 0.1) is 7.11 Å². The van der Waals surface area contributed by atoms with Crippen molar-refractivity contribution in [1.82, 2.24) is 4.90 Å². The molecule has 1 amide bonds. The number of ether oxygens (including phenoxy) is 2. The van der Waals surface area contributed by atoms with Gasteiger partial charge in [0.25, 0.3) is 5.91 Å². The average molecular weight is 515 g/mol. The van der Waals surface area contributed by atoms with Crippen molar-refractivity contribution >= 4 is 23.2 Å². The lowest BCUT2D eigenvalue weighted by Crippen LogP contribution is -2.39. The molecule has 0 aromatic heterocycles. The molecular formula is C31H34N2O5. The van der Waals surface area contributed by atoms with Crippen molar-refractivity contribution in [3.8, 4) is 11.5 Å². The first-order valence-corrected chi connectivity index (χ1v) is 13.4. The van der Waals surface area contributed by atoms with E-state index >= 15 is 0 Å². The van der Waals surface area contributed by atoms with Gasteiger partial charge in [-0.2, -0.15) is 0 Å². The second kappa shape index (κ2) is 10.9. The number of hydrogen-bond donors (Lipinski definition) is 1. The van der Waals surface area contributed by atoms with Crippen molar-refractivity contribution in [2.45, 2.75) is 58.3 Å². The van der Waals surface area contributed by atoms with Gasteiger partial charge < -0.3 is 19.7 Å². The number of Topliss-reactive ketones (excluding diaryl/α,β-unsaturated/α-hetero) is 2. The molecule has 0 unspecified atom stereocenters. The van der Waals surface area contributed by atoms with E-state index < -0.39 is 5.92 Å². The molecule has 1 aliphatic heterocycles. The number of allylic oxidation sites excluding steroid dienone is 4. The van der Waals surface area contributed by atoms with Crippen LogP contribution in [-0.4, -0.2) is 42.6 Å². The third-order valence-corrected chi connectivity index (χ3v) is 7.70. The summed E-state index contributed by atoms with van der Waals surface area (Å²) in [6, 6.07) is 13.1. The molecule has 2 aliphatic carbocycles. The first kappa shape index (κ1) is 25.8. The Morgan fingerprint density at radius 2 is 1.61 bits per heavy atom. The summed E-state index contributed by atoms with van der Waals surface area (Å²) < 4.78 is 11.5. The summed E-state index contributed by atoms with van der Waals surface area (Å²) in [6.45, 7) is 4.57. The highest BCUT2D eigenvalue weighted by molar-refractivity contribution is 6.06. The van der Waals surface area contributed by atoms with Crippen LogP contribution < -0.4 is 14.8 Å². The van der Waals surface area contributed by atoms with Crippen LogP contribution >= 0.6 is 0 Å². The number of rotatable bonds is 7. The lowest BCUT2D eigenvalue weighted by Gasteiger charge is -2.43. The number of nitrogens with zero attached hydrogens (tertiary/aromatic N) is 1. The Labute approximate surface area is 223 Å². The SMILES string of the molecule is CCN1C2=C(C(=O)CCC2)C(c2ccc(OCC(=O)Nc3ccccc3C)c(OC)c2)C2=C1CCCC2=O. The molecule has 38 heavy (non-hydrogen) atoms. The summed E-state index contributed by atoms with van der Waals surface area (Å²) in [5.41, 5.74) is 6.17. The number of methoxy groups -OCH3 is 1. The molecule has 7 heteroatoms. The van der Waals surface area contributed by atoms with Crippen LogP contribution in [0, 0.1) is 6.92 Å². The number of ketones is 2. The monoisotopic (exact) mass is 514 g/mol. The van der Waals surface area contributed by atoms with E-state index in [4.69, 9.17) is 9.47 Å². The van der Waals surface area contributed by atoms with Gasteiger partial charge in [0.1, 0.15) is 0 Å². The van der Waals surface area contributed by atoms with E-state index in [1.165, 1.54) is 0 Å². The van der Waals surface area contributed by atoms with Crippen LogP contribution in [0.15, 0.2) is 65.0 Å². The molecule has 5 rings (SSSR count). The molecule has 2 aromatic rings. The zero-order valence-electron chi connectivity index (χ0n) is 22.3. The number of amides is 1. The van der Waals surface area contributed by atoms with Gasteiger partial charge in [-0.3, -0.25) is 14.4 Å². The Kier molecular flexibility index (Phi) is 7.36. The third-order valence-electron chi connectivity index (χ3n) is 7.70. The zero-order valence-corrected chi connectivity index (χ0v) is 22.3. The Balaban J connectivity index is 1.45. The molecule has 0 fully saturated rings. The normalized spacial score (nSPS) is 17.8. The van der Waals surface area contributed by atoms with Crippen molar-refractivity contribution in [1.29, 1.82) is 0 Å². The van der Waals surface area contributed by atoms with E-state index in [2.05, 4.69) is 17.1 Å². The van der Waals surface area contributed by atoms with E-state index in [1.807, 2.05) is 43.3 Å². The third kappa shape index (κ3) is 4.73. The van der Waals surface area contributed by atoms with Crippen LogP contribution in [-0.2, 0) is 14.4 Å². The minimum atomic E-state index is -0.407.